The van der Waals surface area contributed by atoms with Crippen LogP contribution in [0.15, 0.2) is 215 Å². The van der Waals surface area contributed by atoms with Gasteiger partial charge in [-0.3, -0.25) is 0 Å². The number of hydrogen-bond acceptors (Lipinski definition) is 2. The van der Waals surface area contributed by atoms with E-state index < -0.39 is 14.7 Å². The minimum absolute atomic E-state index is 0.897. The molecule has 0 N–H and O–H groups in total. The van der Waals surface area contributed by atoms with Gasteiger partial charge in [0.25, 0.3) is 0 Å². The molecule has 16 aromatic rings. The molecule has 6 aromatic heterocycles. The Bertz CT molecular complexity index is 4380. The Balaban J connectivity index is 1.20. The molecule has 0 saturated carbocycles. The Morgan fingerprint density at radius 3 is 0.924 bits per heavy atom. The molecule has 308 valence electrons. The first-order valence-electron chi connectivity index (χ1n) is 22.4. The van der Waals surface area contributed by atoms with E-state index in [4.69, 9.17) is 8.83 Å². The first kappa shape index (κ1) is 35.2. The lowest BCUT2D eigenvalue weighted by Gasteiger charge is -2.27. The summed E-state index contributed by atoms with van der Waals surface area (Å²) in [4.78, 5) is 0. The number of rotatable bonds is 4. The third-order valence-corrected chi connectivity index (χ3v) is 19.3. The highest BCUT2D eigenvalue weighted by Crippen LogP contribution is 2.60. The van der Waals surface area contributed by atoms with Crippen molar-refractivity contribution >= 4 is 123 Å². The Hall–Kier alpha value is -8.14. The molecule has 8 heteroatoms. The second-order valence-corrected chi connectivity index (χ2v) is 21.4. The Kier molecular flexibility index (Phi) is 6.82. The molecular formula is C58H34N4O2P2. The Morgan fingerprint density at radius 2 is 0.576 bits per heavy atom. The number of hydrogen-bond donors (Lipinski definition) is 0. The van der Waals surface area contributed by atoms with E-state index in [1.807, 2.05) is 0 Å². The fourth-order valence-electron chi connectivity index (χ4n) is 11.5. The van der Waals surface area contributed by atoms with E-state index in [-0.39, 0.29) is 0 Å². The highest BCUT2D eigenvalue weighted by Gasteiger charge is 2.30. The predicted octanol–water partition coefficient (Wildman–Crippen LogP) is 17.3. The normalized spacial score (nSPS) is 13.1. The largest absolute Gasteiger partial charge is 0.454 e. The molecule has 6 nitrogen and oxygen atoms in total. The zero-order valence-corrected chi connectivity index (χ0v) is 36.9. The van der Waals surface area contributed by atoms with Gasteiger partial charge < -0.3 is 27.1 Å². The summed E-state index contributed by atoms with van der Waals surface area (Å²) in [5.41, 5.74) is 17.5. The third kappa shape index (κ3) is 4.38. The van der Waals surface area contributed by atoms with Crippen LogP contribution < -0.4 is 0 Å². The van der Waals surface area contributed by atoms with Crippen molar-refractivity contribution in [1.29, 1.82) is 0 Å². The van der Waals surface area contributed by atoms with Crippen molar-refractivity contribution in [2.24, 2.45) is 0 Å². The third-order valence-electron chi connectivity index (χ3n) is 13.9. The van der Waals surface area contributed by atoms with E-state index in [1.165, 1.54) is 63.8 Å². The maximum absolute atomic E-state index is 7.57. The summed E-state index contributed by atoms with van der Waals surface area (Å²) in [6.07, 6.45) is 0. The first-order chi connectivity index (χ1) is 32.8. The van der Waals surface area contributed by atoms with Crippen LogP contribution in [-0.4, -0.2) is 18.3 Å². The molecule has 0 amide bonds. The number of para-hydroxylation sites is 4. The van der Waals surface area contributed by atoms with Gasteiger partial charge in [0, 0.05) is 33.0 Å². The molecule has 0 saturated heterocycles. The van der Waals surface area contributed by atoms with E-state index in [9.17, 15) is 0 Å². The van der Waals surface area contributed by atoms with Gasteiger partial charge in [0.05, 0.1) is 70.0 Å². The number of aromatic nitrogens is 4. The van der Waals surface area contributed by atoms with Crippen molar-refractivity contribution in [2.75, 3.05) is 0 Å². The van der Waals surface area contributed by atoms with Gasteiger partial charge in [0.15, 0.2) is 11.2 Å². The Morgan fingerprint density at radius 1 is 0.273 bits per heavy atom. The van der Waals surface area contributed by atoms with Crippen LogP contribution in [0.25, 0.3) is 131 Å². The quantitative estimate of drug-likeness (QED) is 0.131. The number of nitrogens with zero attached hydrogens (tertiary/aromatic N) is 4. The van der Waals surface area contributed by atoms with Gasteiger partial charge in [0.2, 0.25) is 0 Å². The van der Waals surface area contributed by atoms with E-state index in [1.54, 1.807) is 0 Å². The fraction of sp³-hybridized carbons (Fsp3) is 0. The van der Waals surface area contributed by atoms with Crippen LogP contribution in [0.5, 0.6) is 0 Å². The molecule has 16 rings (SSSR count). The average molecular weight is 881 g/mol. The molecule has 0 bridgehead atoms. The van der Waals surface area contributed by atoms with Crippen molar-refractivity contribution in [2.45, 2.75) is 0 Å². The lowest BCUT2D eigenvalue weighted by Crippen LogP contribution is -2.06. The predicted molar refractivity (Wildman–Crippen MR) is 277 cm³/mol. The molecule has 0 fully saturated rings. The van der Waals surface area contributed by atoms with E-state index in [2.05, 4.69) is 225 Å². The molecule has 0 aliphatic carbocycles. The molecule has 0 aliphatic heterocycles. The summed E-state index contributed by atoms with van der Waals surface area (Å²) in [7, 11) is -2.15. The van der Waals surface area contributed by atoms with E-state index in [0.717, 1.165) is 66.9 Å². The highest BCUT2D eigenvalue weighted by molar-refractivity contribution is 7.64. The molecule has 2 atom stereocenters. The number of fused-ring (bicyclic) bond motifs is 3. The second-order valence-electron chi connectivity index (χ2n) is 17.3. The molecule has 66 heavy (non-hydrogen) atoms. The Labute approximate surface area is 377 Å². The minimum Gasteiger partial charge on any atom is -0.454 e. The molecular weight excluding hydrogens is 847 g/mol. The van der Waals surface area contributed by atoms with Gasteiger partial charge in [-0.1, -0.05) is 112 Å². The van der Waals surface area contributed by atoms with Crippen molar-refractivity contribution in [3.8, 4) is 22.7 Å². The smallest absolute Gasteiger partial charge is 0.152 e. The average Bonchev–Trinajstić information content (AvgIpc) is 3.37. The topological polar surface area (TPSA) is 46.0 Å². The molecule has 0 aliphatic rings. The zero-order valence-electron chi connectivity index (χ0n) is 35.1. The second kappa shape index (κ2) is 12.8. The molecule has 10 aromatic carbocycles. The van der Waals surface area contributed by atoms with E-state index in [0.29, 0.717) is 0 Å². The number of benzene rings is 10. The summed E-state index contributed by atoms with van der Waals surface area (Å²) in [5, 5.41) is 9.76. The molecule has 0 radical (unpaired) electrons. The fourth-order valence-corrected chi connectivity index (χ4v) is 17.4. The summed E-state index contributed by atoms with van der Waals surface area (Å²) in [6.45, 7) is 0. The molecule has 6 heterocycles. The molecule has 0 spiro atoms. The molecule has 2 unspecified atom stereocenters. The summed E-state index contributed by atoms with van der Waals surface area (Å²) < 4.78 is 25.0. The van der Waals surface area contributed by atoms with Gasteiger partial charge in [-0.05, 0) is 115 Å². The van der Waals surface area contributed by atoms with Gasteiger partial charge >= 0.3 is 0 Å². The van der Waals surface area contributed by atoms with Crippen LogP contribution in [0.2, 0.25) is 0 Å². The first-order valence-corrected chi connectivity index (χ1v) is 25.0. The van der Waals surface area contributed by atoms with Gasteiger partial charge in [0.1, 0.15) is 11.2 Å². The van der Waals surface area contributed by atoms with Gasteiger partial charge in [-0.15, -0.1) is 0 Å². The van der Waals surface area contributed by atoms with Crippen LogP contribution in [0.3, 0.4) is 0 Å². The summed E-state index contributed by atoms with van der Waals surface area (Å²) >= 11 is 0. The van der Waals surface area contributed by atoms with Crippen molar-refractivity contribution in [3.05, 3.63) is 206 Å². The van der Waals surface area contributed by atoms with Gasteiger partial charge in [-0.25, -0.2) is 0 Å². The van der Waals surface area contributed by atoms with Crippen LogP contribution in [-0.2, 0) is 0 Å². The van der Waals surface area contributed by atoms with Crippen LogP contribution in [0, 0.1) is 0 Å². The highest BCUT2D eigenvalue weighted by atomic mass is 31.1. The van der Waals surface area contributed by atoms with Crippen LogP contribution in [0.4, 0.5) is 0 Å². The summed E-state index contributed by atoms with van der Waals surface area (Å²) in [6, 6.07) is 75.1. The van der Waals surface area contributed by atoms with Crippen LogP contribution >= 0.6 is 14.7 Å². The standard InChI is InChI=1S/C58H34N4O2P2/c1-5-17-36(18-6-1)59-40-25-13-27-42-53(40)65-55-44(59)29-15-31-48(55)63-51-50-35(33-46(57(51)65)61(42)38-21-9-3-10-22-38)34-47-58-52(50)64-49-32-16-30-45-56(49)66(58)54-41(60(45)37-19-7-2-8-20-37)26-14-28-43(54)62(47)39-23-11-4-12-24-39/h1-34H. The van der Waals surface area contributed by atoms with Gasteiger partial charge in [-0.2, -0.15) is 0 Å². The lowest BCUT2D eigenvalue weighted by molar-refractivity contribution is 0.657. The van der Waals surface area contributed by atoms with Crippen molar-refractivity contribution in [3.63, 3.8) is 0 Å². The zero-order chi connectivity index (χ0) is 42.8. The SMILES string of the molecule is c1ccc(-n2c3cccc4oc5c6c(cc7c5p(c43)c3c2cccc3n7-c2ccccc2)cc2c3c6oc4cccc5c4p3c3c(cccc3n2-c2ccccc2)n5-c2ccccc2)cc1. The minimum atomic E-state index is -1.08. The maximum Gasteiger partial charge on any atom is 0.152 e. The van der Waals surface area contributed by atoms with Crippen LogP contribution in [0.1, 0.15) is 0 Å². The lowest BCUT2D eigenvalue weighted by atomic mass is 10.1. The monoisotopic (exact) mass is 880 g/mol. The van der Waals surface area contributed by atoms with Crippen molar-refractivity contribution in [1.82, 2.24) is 18.3 Å². The summed E-state index contributed by atoms with van der Waals surface area (Å²) in [5.74, 6) is 0. The van der Waals surface area contributed by atoms with Crippen molar-refractivity contribution < 1.29 is 8.83 Å². The maximum atomic E-state index is 7.57. The van der Waals surface area contributed by atoms with E-state index >= 15 is 0 Å².